The highest BCUT2D eigenvalue weighted by atomic mass is 16.3. The zero-order chi connectivity index (χ0) is 37.0. The highest BCUT2D eigenvalue weighted by molar-refractivity contribution is 6.13. The largest absolute Gasteiger partial charge is 0.455 e. The molecule has 0 radical (unpaired) electrons. The minimum Gasteiger partial charge on any atom is -0.455 e. The van der Waals surface area contributed by atoms with Crippen LogP contribution in [0.1, 0.15) is 0 Å². The van der Waals surface area contributed by atoms with Crippen LogP contribution >= 0.6 is 0 Å². The molecule has 0 aliphatic rings. The fourth-order valence-electron chi connectivity index (χ4n) is 7.98. The van der Waals surface area contributed by atoms with Crippen molar-refractivity contribution in [3.8, 4) is 62.1 Å². The number of hydrogen-bond acceptors (Lipinski definition) is 4. The van der Waals surface area contributed by atoms with Crippen LogP contribution in [0.4, 0.5) is 0 Å². The molecule has 0 aliphatic carbocycles. The number of aromatic nitrogens is 4. The van der Waals surface area contributed by atoms with Crippen molar-refractivity contribution in [1.82, 2.24) is 19.5 Å². The molecule has 3 aromatic heterocycles. The molecule has 3 heterocycles. The number of benzene rings is 8. The van der Waals surface area contributed by atoms with E-state index in [4.69, 9.17) is 19.4 Å². The molecule has 0 amide bonds. The average molecular weight is 717 g/mol. The van der Waals surface area contributed by atoms with Crippen LogP contribution in [0.3, 0.4) is 0 Å². The van der Waals surface area contributed by atoms with Crippen LogP contribution in [0.25, 0.3) is 106 Å². The summed E-state index contributed by atoms with van der Waals surface area (Å²) in [6.45, 7) is 0. The number of nitrogens with zero attached hydrogens (tertiary/aromatic N) is 4. The maximum absolute atomic E-state index is 6.51. The Morgan fingerprint density at radius 3 is 1.62 bits per heavy atom. The molecular weight excluding hydrogens is 685 g/mol. The van der Waals surface area contributed by atoms with Crippen molar-refractivity contribution in [2.24, 2.45) is 0 Å². The van der Waals surface area contributed by atoms with Crippen LogP contribution in [0.5, 0.6) is 0 Å². The summed E-state index contributed by atoms with van der Waals surface area (Å²) in [7, 11) is 0. The normalized spacial score (nSPS) is 11.6. The molecule has 0 aliphatic heterocycles. The van der Waals surface area contributed by atoms with Gasteiger partial charge in [-0.1, -0.05) is 152 Å². The molecule has 0 bridgehead atoms. The summed E-state index contributed by atoms with van der Waals surface area (Å²) in [6.07, 6.45) is 0. The highest BCUT2D eigenvalue weighted by Crippen LogP contribution is 2.41. The van der Waals surface area contributed by atoms with Gasteiger partial charge < -0.3 is 8.98 Å². The molecule has 0 saturated heterocycles. The summed E-state index contributed by atoms with van der Waals surface area (Å²) in [5.74, 6) is 1.90. The number of para-hydroxylation sites is 2. The van der Waals surface area contributed by atoms with Gasteiger partial charge in [-0.25, -0.2) is 15.0 Å². The maximum Gasteiger partial charge on any atom is 0.164 e. The van der Waals surface area contributed by atoms with E-state index in [0.717, 1.165) is 77.6 Å². The summed E-state index contributed by atoms with van der Waals surface area (Å²) >= 11 is 0. The Hall–Kier alpha value is -7.63. The van der Waals surface area contributed by atoms with Crippen molar-refractivity contribution >= 4 is 43.7 Å². The first-order valence-corrected chi connectivity index (χ1v) is 18.8. The van der Waals surface area contributed by atoms with Crippen LogP contribution in [0, 0.1) is 0 Å². The Morgan fingerprint density at radius 2 is 0.911 bits per heavy atom. The highest BCUT2D eigenvalue weighted by Gasteiger charge is 2.19. The molecule has 8 aromatic carbocycles. The Balaban J connectivity index is 1.10. The lowest BCUT2D eigenvalue weighted by Gasteiger charge is -2.12. The second kappa shape index (κ2) is 13.0. The number of hydrogen-bond donors (Lipinski definition) is 0. The zero-order valence-electron chi connectivity index (χ0n) is 30.2. The van der Waals surface area contributed by atoms with Gasteiger partial charge in [-0.3, -0.25) is 0 Å². The molecule has 0 atom stereocenters. The van der Waals surface area contributed by atoms with E-state index in [1.54, 1.807) is 0 Å². The van der Waals surface area contributed by atoms with E-state index in [2.05, 4.69) is 126 Å². The molecule has 56 heavy (non-hydrogen) atoms. The SMILES string of the molecule is c1ccc(-c2nc(-c3ccccc3)nc(-c3cccc(-n4c5ccccc5c5ccc(-c6cc(-c7ccccc7)c7oc8ccccc8c7c6)cc54)c3)n2)cc1. The van der Waals surface area contributed by atoms with E-state index in [-0.39, 0.29) is 0 Å². The number of fused-ring (bicyclic) bond motifs is 6. The molecule has 0 N–H and O–H groups in total. The van der Waals surface area contributed by atoms with Gasteiger partial charge in [0, 0.05) is 49.5 Å². The quantitative estimate of drug-likeness (QED) is 0.172. The maximum atomic E-state index is 6.51. The van der Waals surface area contributed by atoms with Gasteiger partial charge in [0.1, 0.15) is 11.2 Å². The van der Waals surface area contributed by atoms with E-state index in [0.29, 0.717) is 17.5 Å². The van der Waals surface area contributed by atoms with Crippen molar-refractivity contribution in [3.63, 3.8) is 0 Å². The lowest BCUT2D eigenvalue weighted by atomic mass is 9.95. The van der Waals surface area contributed by atoms with E-state index in [1.165, 1.54) is 10.8 Å². The summed E-state index contributed by atoms with van der Waals surface area (Å²) in [4.78, 5) is 15.0. The third-order valence-corrected chi connectivity index (χ3v) is 10.6. The van der Waals surface area contributed by atoms with Gasteiger partial charge in [0.2, 0.25) is 0 Å². The molecule has 5 nitrogen and oxygen atoms in total. The van der Waals surface area contributed by atoms with Crippen molar-refractivity contribution < 1.29 is 4.42 Å². The smallest absolute Gasteiger partial charge is 0.164 e. The van der Waals surface area contributed by atoms with Crippen LogP contribution in [-0.4, -0.2) is 19.5 Å². The molecule has 0 fully saturated rings. The lowest BCUT2D eigenvalue weighted by molar-refractivity contribution is 0.670. The molecule has 11 aromatic rings. The van der Waals surface area contributed by atoms with Gasteiger partial charge in [0.25, 0.3) is 0 Å². The summed E-state index contributed by atoms with van der Waals surface area (Å²) in [6, 6.07) is 67.5. The van der Waals surface area contributed by atoms with E-state index < -0.39 is 0 Å². The summed E-state index contributed by atoms with van der Waals surface area (Å²) < 4.78 is 8.87. The minimum absolute atomic E-state index is 0.620. The first kappa shape index (κ1) is 31.9. The first-order chi connectivity index (χ1) is 27.7. The average Bonchev–Trinajstić information content (AvgIpc) is 3.82. The van der Waals surface area contributed by atoms with E-state index >= 15 is 0 Å². The van der Waals surface area contributed by atoms with Crippen LogP contribution in [-0.2, 0) is 0 Å². The number of rotatable bonds is 6. The van der Waals surface area contributed by atoms with Gasteiger partial charge in [-0.2, -0.15) is 0 Å². The third kappa shape index (κ3) is 5.37. The topological polar surface area (TPSA) is 56.7 Å². The monoisotopic (exact) mass is 716 g/mol. The van der Waals surface area contributed by atoms with Crippen molar-refractivity contribution in [3.05, 3.63) is 194 Å². The Bertz CT molecular complexity index is 3180. The van der Waals surface area contributed by atoms with Gasteiger partial charge in [0.15, 0.2) is 17.5 Å². The fraction of sp³-hybridized carbons (Fsp3) is 0. The summed E-state index contributed by atoms with van der Waals surface area (Å²) in [5, 5.41) is 4.59. The van der Waals surface area contributed by atoms with Crippen molar-refractivity contribution in [2.45, 2.75) is 0 Å². The Kier molecular flexibility index (Phi) is 7.42. The van der Waals surface area contributed by atoms with Gasteiger partial charge in [0.05, 0.1) is 11.0 Å². The lowest BCUT2D eigenvalue weighted by Crippen LogP contribution is -2.01. The second-order valence-corrected chi connectivity index (χ2v) is 14.0. The van der Waals surface area contributed by atoms with E-state index in [1.807, 2.05) is 72.8 Å². The molecule has 5 heteroatoms. The Morgan fingerprint density at radius 1 is 0.339 bits per heavy atom. The predicted octanol–water partition coefficient (Wildman–Crippen LogP) is 13.2. The molecular formula is C51H32N4O. The second-order valence-electron chi connectivity index (χ2n) is 14.0. The molecule has 0 saturated carbocycles. The van der Waals surface area contributed by atoms with Crippen LogP contribution in [0.15, 0.2) is 199 Å². The van der Waals surface area contributed by atoms with Crippen LogP contribution in [0.2, 0.25) is 0 Å². The van der Waals surface area contributed by atoms with Gasteiger partial charge >= 0.3 is 0 Å². The molecule has 0 unspecified atom stereocenters. The van der Waals surface area contributed by atoms with Gasteiger partial charge in [-0.15, -0.1) is 0 Å². The van der Waals surface area contributed by atoms with E-state index in [9.17, 15) is 0 Å². The number of furan rings is 1. The predicted molar refractivity (Wildman–Crippen MR) is 229 cm³/mol. The molecule has 262 valence electrons. The standard InChI is InChI=1S/C51H32N4O/c1-4-15-33(16-5-1)43-30-38(31-44-42-24-11-13-26-47(42)56-48(43)44)36-27-28-41-40-23-10-12-25-45(40)55(46(41)32-36)39-22-14-21-37(29-39)51-53-49(34-17-6-2-7-18-34)52-50(54-51)35-19-8-3-9-20-35/h1-32H. The van der Waals surface area contributed by atoms with Crippen LogP contribution < -0.4 is 0 Å². The van der Waals surface area contributed by atoms with Crippen molar-refractivity contribution in [2.75, 3.05) is 0 Å². The molecule has 11 rings (SSSR count). The first-order valence-electron chi connectivity index (χ1n) is 18.8. The fourth-order valence-corrected chi connectivity index (χ4v) is 7.98. The zero-order valence-corrected chi connectivity index (χ0v) is 30.2. The summed E-state index contributed by atoms with van der Waals surface area (Å²) in [5.41, 5.74) is 12.3. The Labute approximate surface area is 322 Å². The van der Waals surface area contributed by atoms with Gasteiger partial charge in [-0.05, 0) is 59.2 Å². The molecule has 0 spiro atoms. The third-order valence-electron chi connectivity index (χ3n) is 10.6. The van der Waals surface area contributed by atoms with Crippen molar-refractivity contribution in [1.29, 1.82) is 0 Å². The minimum atomic E-state index is 0.620.